The van der Waals surface area contributed by atoms with E-state index in [1.807, 2.05) is 0 Å². The Hall–Kier alpha value is -1.99. The van der Waals surface area contributed by atoms with Crippen molar-refractivity contribution in [3.8, 4) is 0 Å². The maximum atomic E-state index is 12.3. The van der Waals surface area contributed by atoms with Gasteiger partial charge in [-0.1, -0.05) is 45.4 Å². The molecule has 1 aliphatic heterocycles. The summed E-state index contributed by atoms with van der Waals surface area (Å²) < 4.78 is 5.15. The molecule has 2 atom stereocenters. The van der Waals surface area contributed by atoms with E-state index in [4.69, 9.17) is 4.74 Å². The first kappa shape index (κ1) is 21.3. The average molecular weight is 378 g/mol. The largest absolute Gasteiger partial charge is 0.394 e. The van der Waals surface area contributed by atoms with E-state index < -0.39 is 24.2 Å². The van der Waals surface area contributed by atoms with Crippen LogP contribution in [-0.2, 0) is 19.1 Å². The number of rotatable bonds is 12. The summed E-state index contributed by atoms with van der Waals surface area (Å²) in [5, 5.41) is 14.6. The molecule has 1 spiro atoms. The number of aliphatic hydroxyl groups excluding tert-OH is 1. The van der Waals surface area contributed by atoms with E-state index in [2.05, 4.69) is 17.6 Å². The SMILES string of the molecule is CCCCCCCCCC(=O)N[C@@H](CO)C(=O)NC1=CC2(CO2)C(=O)C=C1. The van der Waals surface area contributed by atoms with Crippen LogP contribution >= 0.6 is 0 Å². The number of nitrogens with one attached hydrogen (secondary N) is 2. The standard InChI is InChI=1S/C20H30N2O5/c1-2-3-4-5-6-7-8-9-18(25)22-16(13-23)19(26)21-15-10-11-17(24)20(12-15)14-27-20/h10-12,16,23H,2-9,13-14H2,1H3,(H,21,26)(H,22,25)/t16-,20?/m0/s1. The van der Waals surface area contributed by atoms with Gasteiger partial charge in [0.1, 0.15) is 6.04 Å². The highest BCUT2D eigenvalue weighted by Crippen LogP contribution is 2.33. The van der Waals surface area contributed by atoms with Crippen molar-refractivity contribution in [2.75, 3.05) is 13.2 Å². The van der Waals surface area contributed by atoms with Crippen LogP contribution in [0, 0.1) is 0 Å². The molecular formula is C20H30N2O5. The molecule has 1 saturated heterocycles. The van der Waals surface area contributed by atoms with Crippen LogP contribution in [0.4, 0.5) is 0 Å². The molecule has 150 valence electrons. The van der Waals surface area contributed by atoms with Crippen molar-refractivity contribution < 1.29 is 24.2 Å². The molecule has 0 aromatic heterocycles. The second kappa shape index (κ2) is 10.4. The maximum absolute atomic E-state index is 12.3. The van der Waals surface area contributed by atoms with Crippen LogP contribution in [0.5, 0.6) is 0 Å². The first-order valence-corrected chi connectivity index (χ1v) is 9.81. The molecule has 0 aromatic rings. The number of aliphatic hydroxyl groups is 1. The topological polar surface area (TPSA) is 108 Å². The van der Waals surface area contributed by atoms with Crippen molar-refractivity contribution in [1.82, 2.24) is 10.6 Å². The van der Waals surface area contributed by atoms with Crippen molar-refractivity contribution in [3.63, 3.8) is 0 Å². The number of epoxide rings is 1. The number of amides is 2. The fraction of sp³-hybridized carbons (Fsp3) is 0.650. The summed E-state index contributed by atoms with van der Waals surface area (Å²) in [6.45, 7) is 1.98. The molecular weight excluding hydrogens is 348 g/mol. The Kier molecular flexibility index (Phi) is 8.19. The number of hydrogen-bond donors (Lipinski definition) is 3. The Morgan fingerprint density at radius 3 is 2.48 bits per heavy atom. The van der Waals surface area contributed by atoms with Crippen LogP contribution < -0.4 is 10.6 Å². The fourth-order valence-electron chi connectivity index (χ4n) is 2.99. The molecule has 1 heterocycles. The molecule has 0 bridgehead atoms. The summed E-state index contributed by atoms with van der Waals surface area (Å²) in [7, 11) is 0. The third-order valence-electron chi connectivity index (χ3n) is 4.78. The van der Waals surface area contributed by atoms with Gasteiger partial charge in [0.25, 0.3) is 0 Å². The van der Waals surface area contributed by atoms with Gasteiger partial charge in [-0.3, -0.25) is 14.4 Å². The van der Waals surface area contributed by atoms with Gasteiger partial charge in [0.15, 0.2) is 11.4 Å². The van der Waals surface area contributed by atoms with Crippen LogP contribution in [0.25, 0.3) is 0 Å². The van der Waals surface area contributed by atoms with Crippen molar-refractivity contribution in [2.24, 2.45) is 0 Å². The summed E-state index contributed by atoms with van der Waals surface area (Å²) in [5.41, 5.74) is -0.510. The molecule has 3 N–H and O–H groups in total. The summed E-state index contributed by atoms with van der Waals surface area (Å²) >= 11 is 0. The Morgan fingerprint density at radius 1 is 1.19 bits per heavy atom. The average Bonchev–Trinajstić information content (AvgIpc) is 3.42. The number of carbonyl (C=O) groups is 3. The number of unbranched alkanes of at least 4 members (excludes halogenated alkanes) is 6. The van der Waals surface area contributed by atoms with Crippen LogP contribution in [0.2, 0.25) is 0 Å². The Morgan fingerprint density at radius 2 is 1.85 bits per heavy atom. The zero-order valence-corrected chi connectivity index (χ0v) is 16.0. The van der Waals surface area contributed by atoms with Crippen molar-refractivity contribution >= 4 is 17.6 Å². The molecule has 0 saturated carbocycles. The summed E-state index contributed by atoms with van der Waals surface area (Å²) in [6.07, 6.45) is 12.5. The number of ether oxygens (including phenoxy) is 1. The van der Waals surface area contributed by atoms with Gasteiger partial charge in [0, 0.05) is 12.1 Å². The predicted molar refractivity (Wildman–Crippen MR) is 101 cm³/mol. The highest BCUT2D eigenvalue weighted by atomic mass is 16.6. The van der Waals surface area contributed by atoms with Crippen LogP contribution in [-0.4, -0.2) is 47.6 Å². The van der Waals surface area contributed by atoms with Crippen molar-refractivity contribution in [1.29, 1.82) is 0 Å². The highest BCUT2D eigenvalue weighted by molar-refractivity contribution is 6.03. The maximum Gasteiger partial charge on any atom is 0.249 e. The second-order valence-electron chi connectivity index (χ2n) is 7.14. The molecule has 7 heteroatoms. The molecule has 1 fully saturated rings. The summed E-state index contributed by atoms with van der Waals surface area (Å²) in [6, 6.07) is -1.02. The van der Waals surface area contributed by atoms with Gasteiger partial charge < -0.3 is 20.5 Å². The minimum atomic E-state index is -1.02. The number of hydrogen-bond acceptors (Lipinski definition) is 5. The third kappa shape index (κ3) is 6.59. The van der Waals surface area contributed by atoms with E-state index in [0.717, 1.165) is 19.3 Å². The zero-order chi connectivity index (χ0) is 19.7. The van der Waals surface area contributed by atoms with Gasteiger partial charge in [-0.15, -0.1) is 0 Å². The first-order valence-electron chi connectivity index (χ1n) is 9.81. The zero-order valence-electron chi connectivity index (χ0n) is 16.0. The smallest absolute Gasteiger partial charge is 0.249 e. The lowest BCUT2D eigenvalue weighted by molar-refractivity contribution is -0.129. The highest BCUT2D eigenvalue weighted by Gasteiger charge is 2.50. The van der Waals surface area contributed by atoms with E-state index in [1.54, 1.807) is 6.08 Å². The fourth-order valence-corrected chi connectivity index (χ4v) is 2.99. The molecule has 0 aromatic carbocycles. The molecule has 7 nitrogen and oxygen atoms in total. The monoisotopic (exact) mass is 378 g/mol. The number of ketones is 1. The van der Waals surface area contributed by atoms with Crippen molar-refractivity contribution in [3.05, 3.63) is 23.9 Å². The lowest BCUT2D eigenvalue weighted by atomic mass is 9.98. The van der Waals surface area contributed by atoms with Crippen molar-refractivity contribution in [2.45, 2.75) is 69.9 Å². The lowest BCUT2D eigenvalue weighted by Crippen LogP contribution is -2.48. The molecule has 0 radical (unpaired) electrons. The Labute approximate surface area is 160 Å². The van der Waals surface area contributed by atoms with E-state index in [9.17, 15) is 19.5 Å². The minimum absolute atomic E-state index is 0.151. The number of carbonyl (C=O) groups excluding carboxylic acids is 3. The molecule has 2 amide bonds. The van der Waals surface area contributed by atoms with Crippen LogP contribution in [0.1, 0.15) is 58.3 Å². The van der Waals surface area contributed by atoms with E-state index in [1.165, 1.54) is 37.8 Å². The van der Waals surface area contributed by atoms with Gasteiger partial charge in [0.2, 0.25) is 11.8 Å². The molecule has 2 aliphatic rings. The van der Waals surface area contributed by atoms with Gasteiger partial charge in [-0.05, 0) is 24.6 Å². The Balaban J connectivity index is 1.69. The van der Waals surface area contributed by atoms with Gasteiger partial charge in [0.05, 0.1) is 13.2 Å². The normalized spacial score (nSPS) is 21.7. The quantitative estimate of drug-likeness (QED) is 0.352. The minimum Gasteiger partial charge on any atom is -0.394 e. The van der Waals surface area contributed by atoms with Crippen LogP contribution in [0.15, 0.2) is 23.9 Å². The first-order chi connectivity index (χ1) is 13.0. The van der Waals surface area contributed by atoms with Gasteiger partial charge in [-0.25, -0.2) is 0 Å². The van der Waals surface area contributed by atoms with Gasteiger partial charge in [-0.2, -0.15) is 0 Å². The third-order valence-corrected chi connectivity index (χ3v) is 4.78. The van der Waals surface area contributed by atoms with E-state index >= 15 is 0 Å². The molecule has 1 unspecified atom stereocenters. The lowest BCUT2D eigenvalue weighted by Gasteiger charge is -2.18. The predicted octanol–water partition coefficient (Wildman–Crippen LogP) is 1.51. The summed E-state index contributed by atoms with van der Waals surface area (Å²) in [5.74, 6) is -0.920. The number of allylic oxidation sites excluding steroid dienone is 1. The summed E-state index contributed by atoms with van der Waals surface area (Å²) in [4.78, 5) is 36.0. The van der Waals surface area contributed by atoms with E-state index in [-0.39, 0.29) is 11.7 Å². The van der Waals surface area contributed by atoms with E-state index in [0.29, 0.717) is 18.7 Å². The van der Waals surface area contributed by atoms with Crippen LogP contribution in [0.3, 0.4) is 0 Å². The Bertz CT molecular complexity index is 607. The molecule has 2 rings (SSSR count). The second-order valence-corrected chi connectivity index (χ2v) is 7.14. The molecule has 27 heavy (non-hydrogen) atoms. The molecule has 1 aliphatic carbocycles. The van der Waals surface area contributed by atoms with Gasteiger partial charge >= 0.3 is 0 Å².